The van der Waals surface area contributed by atoms with Gasteiger partial charge in [0, 0.05) is 18.3 Å². The van der Waals surface area contributed by atoms with Gasteiger partial charge in [-0.1, -0.05) is 48.5 Å². The molecule has 7 nitrogen and oxygen atoms in total. The first-order valence-electron chi connectivity index (χ1n) is 11.0. The van der Waals surface area contributed by atoms with E-state index >= 15 is 0 Å². The Bertz CT molecular complexity index is 1420. The molecule has 0 saturated carbocycles. The van der Waals surface area contributed by atoms with Crippen molar-refractivity contribution in [3.8, 4) is 11.3 Å². The Morgan fingerprint density at radius 3 is 2.50 bits per heavy atom. The van der Waals surface area contributed by atoms with Crippen LogP contribution in [0.25, 0.3) is 11.3 Å². The fraction of sp³-hybridized carbons (Fsp3) is 0.154. The summed E-state index contributed by atoms with van der Waals surface area (Å²) in [6.45, 7) is 0.184. The van der Waals surface area contributed by atoms with Crippen LogP contribution in [-0.4, -0.2) is 28.4 Å². The molecule has 0 atom stereocenters. The third kappa shape index (κ3) is 4.57. The summed E-state index contributed by atoms with van der Waals surface area (Å²) < 4.78 is 50.2. The number of hydrogen-bond acceptors (Lipinski definition) is 6. The number of esters is 1. The smallest absolute Gasteiger partial charge is 0.416 e. The average molecular weight is 493 g/mol. The highest BCUT2D eigenvalue weighted by Gasteiger charge is 2.34. The molecule has 0 radical (unpaired) electrons. The molecule has 0 spiro atoms. The van der Waals surface area contributed by atoms with E-state index in [4.69, 9.17) is 9.15 Å². The Labute approximate surface area is 203 Å². The third-order valence-corrected chi connectivity index (χ3v) is 5.67. The quantitative estimate of drug-likeness (QED) is 0.350. The number of hydrogen-bond donors (Lipinski definition) is 0. The van der Waals surface area contributed by atoms with Crippen molar-refractivity contribution in [2.45, 2.75) is 19.2 Å². The molecule has 2 aromatic heterocycles. The summed E-state index contributed by atoms with van der Waals surface area (Å²) in [6.07, 6.45) is -2.55. The van der Waals surface area contributed by atoms with Gasteiger partial charge >= 0.3 is 18.0 Å². The van der Waals surface area contributed by atoms with Gasteiger partial charge in [0.05, 0.1) is 5.56 Å². The summed E-state index contributed by atoms with van der Waals surface area (Å²) >= 11 is 0. The lowest BCUT2D eigenvalue weighted by molar-refractivity contribution is -0.137. The molecule has 5 rings (SSSR count). The van der Waals surface area contributed by atoms with E-state index in [0.717, 1.165) is 23.3 Å². The predicted molar refractivity (Wildman–Crippen MR) is 122 cm³/mol. The van der Waals surface area contributed by atoms with Gasteiger partial charge in [-0.25, -0.2) is 4.79 Å². The molecule has 36 heavy (non-hydrogen) atoms. The van der Waals surface area contributed by atoms with E-state index in [1.807, 2.05) is 6.07 Å². The van der Waals surface area contributed by atoms with Crippen LogP contribution in [0.5, 0.6) is 0 Å². The lowest BCUT2D eigenvalue weighted by Crippen LogP contribution is -2.38. The summed E-state index contributed by atoms with van der Waals surface area (Å²) in [5.41, 5.74) is 1.11. The van der Waals surface area contributed by atoms with E-state index in [2.05, 4.69) is 9.97 Å². The summed E-state index contributed by atoms with van der Waals surface area (Å²) in [5, 5.41) is 0. The molecule has 0 unspecified atom stereocenters. The van der Waals surface area contributed by atoms with E-state index in [-0.39, 0.29) is 36.0 Å². The zero-order valence-corrected chi connectivity index (χ0v) is 18.7. The molecule has 0 fully saturated rings. The summed E-state index contributed by atoms with van der Waals surface area (Å²) in [4.78, 5) is 35.6. The number of carbonyl (C=O) groups excluding carboxylic acids is 2. The van der Waals surface area contributed by atoms with Crippen LogP contribution in [0.2, 0.25) is 0 Å². The monoisotopic (exact) mass is 493 g/mol. The van der Waals surface area contributed by atoms with Crippen LogP contribution in [0.4, 0.5) is 19.0 Å². The van der Waals surface area contributed by atoms with Crippen molar-refractivity contribution in [1.29, 1.82) is 0 Å². The van der Waals surface area contributed by atoms with Gasteiger partial charge in [0.1, 0.15) is 12.3 Å². The van der Waals surface area contributed by atoms with Crippen molar-refractivity contribution >= 4 is 17.7 Å². The molecule has 0 saturated heterocycles. The number of benzene rings is 2. The molecule has 1 aliphatic heterocycles. The SMILES string of the molecule is O=C(OCc1ccccc1)c1nc(N2CCc3cccnc3C2=O)c(-c2ccc(C(F)(F)F)cc2)o1. The maximum atomic E-state index is 13.2. The molecular formula is C26H18F3N3O4. The van der Waals surface area contributed by atoms with Crippen molar-refractivity contribution < 1.29 is 31.9 Å². The lowest BCUT2D eigenvalue weighted by atomic mass is 10.0. The van der Waals surface area contributed by atoms with Gasteiger partial charge in [0.15, 0.2) is 11.6 Å². The van der Waals surface area contributed by atoms with Crippen LogP contribution < -0.4 is 4.90 Å². The second-order valence-electron chi connectivity index (χ2n) is 8.03. The highest BCUT2D eigenvalue weighted by atomic mass is 19.4. The van der Waals surface area contributed by atoms with Gasteiger partial charge < -0.3 is 9.15 Å². The highest BCUT2D eigenvalue weighted by molar-refractivity contribution is 6.08. The van der Waals surface area contributed by atoms with E-state index in [1.165, 1.54) is 23.2 Å². The lowest BCUT2D eigenvalue weighted by Gasteiger charge is -2.26. The number of pyridine rings is 1. The Kier molecular flexibility index (Phi) is 6.01. The molecular weight excluding hydrogens is 475 g/mol. The number of carbonyl (C=O) groups is 2. The number of ether oxygens (including phenoxy) is 1. The van der Waals surface area contributed by atoms with Crippen molar-refractivity contribution in [2.75, 3.05) is 11.4 Å². The molecule has 182 valence electrons. The molecule has 3 heterocycles. The second-order valence-corrected chi connectivity index (χ2v) is 8.03. The highest BCUT2D eigenvalue weighted by Crippen LogP contribution is 2.36. The Morgan fingerprint density at radius 1 is 1.03 bits per heavy atom. The zero-order chi connectivity index (χ0) is 25.3. The van der Waals surface area contributed by atoms with Crippen molar-refractivity contribution in [3.63, 3.8) is 0 Å². The number of fused-ring (bicyclic) bond motifs is 1. The van der Waals surface area contributed by atoms with E-state index in [9.17, 15) is 22.8 Å². The van der Waals surface area contributed by atoms with Gasteiger partial charge in [-0.3, -0.25) is 14.7 Å². The molecule has 10 heteroatoms. The minimum absolute atomic E-state index is 0.00252. The number of aromatic nitrogens is 2. The number of halogens is 3. The number of rotatable bonds is 5. The maximum Gasteiger partial charge on any atom is 0.416 e. The van der Waals surface area contributed by atoms with Crippen LogP contribution in [0, 0.1) is 0 Å². The largest absolute Gasteiger partial charge is 0.454 e. The zero-order valence-electron chi connectivity index (χ0n) is 18.7. The van der Waals surface area contributed by atoms with E-state index in [0.29, 0.717) is 6.42 Å². The van der Waals surface area contributed by atoms with Crippen LogP contribution >= 0.6 is 0 Å². The van der Waals surface area contributed by atoms with Crippen molar-refractivity contribution in [2.24, 2.45) is 0 Å². The molecule has 0 N–H and O–H groups in total. The van der Waals surface area contributed by atoms with E-state index < -0.39 is 29.5 Å². The van der Waals surface area contributed by atoms with Gasteiger partial charge in [-0.15, -0.1) is 0 Å². The van der Waals surface area contributed by atoms with Crippen LogP contribution in [0.15, 0.2) is 77.3 Å². The molecule has 4 aromatic rings. The Hall–Kier alpha value is -4.47. The molecule has 2 aromatic carbocycles. The normalized spacial score (nSPS) is 13.4. The molecule has 0 aliphatic carbocycles. The molecule has 1 amide bonds. The van der Waals surface area contributed by atoms with Crippen LogP contribution in [0.3, 0.4) is 0 Å². The maximum absolute atomic E-state index is 13.2. The van der Waals surface area contributed by atoms with Gasteiger partial charge in [-0.2, -0.15) is 18.2 Å². The first-order chi connectivity index (χ1) is 17.3. The van der Waals surface area contributed by atoms with Gasteiger partial charge in [0.2, 0.25) is 0 Å². The van der Waals surface area contributed by atoms with Gasteiger partial charge in [-0.05, 0) is 35.7 Å². The van der Waals surface area contributed by atoms with Crippen molar-refractivity contribution in [3.05, 3.63) is 101 Å². The van der Waals surface area contributed by atoms with Crippen LogP contribution in [0.1, 0.15) is 37.9 Å². The number of alkyl halides is 3. The number of nitrogens with zero attached hydrogens (tertiary/aromatic N) is 3. The van der Waals surface area contributed by atoms with Gasteiger partial charge in [0.25, 0.3) is 5.91 Å². The minimum atomic E-state index is -4.52. The Balaban J connectivity index is 1.51. The van der Waals surface area contributed by atoms with Crippen LogP contribution in [-0.2, 0) is 23.9 Å². The third-order valence-electron chi connectivity index (χ3n) is 5.67. The molecule has 0 bridgehead atoms. The minimum Gasteiger partial charge on any atom is -0.454 e. The average Bonchev–Trinajstić information content (AvgIpc) is 3.33. The fourth-order valence-corrected chi connectivity index (χ4v) is 3.86. The Morgan fingerprint density at radius 2 is 1.78 bits per heavy atom. The second kappa shape index (κ2) is 9.29. The number of anilines is 1. The summed E-state index contributed by atoms with van der Waals surface area (Å²) in [7, 11) is 0. The van der Waals surface area contributed by atoms with Crippen molar-refractivity contribution in [1.82, 2.24) is 9.97 Å². The first kappa shape index (κ1) is 23.3. The number of oxazole rings is 1. The summed E-state index contributed by atoms with van der Waals surface area (Å²) in [5.74, 6) is -1.77. The fourth-order valence-electron chi connectivity index (χ4n) is 3.86. The number of amides is 1. The summed E-state index contributed by atoms with van der Waals surface area (Å²) in [6, 6.07) is 16.7. The molecule has 1 aliphatic rings. The first-order valence-corrected chi connectivity index (χ1v) is 11.0. The predicted octanol–water partition coefficient (Wildman–Crippen LogP) is 5.32. The topological polar surface area (TPSA) is 85.5 Å². The standard InChI is InChI=1S/C26H18F3N3O4/c27-26(28,29)19-10-8-18(9-11-19)21-22(32-14-12-17-7-4-13-30-20(17)24(32)33)31-23(36-21)25(34)35-15-16-5-2-1-3-6-16/h1-11,13H,12,14-15H2. The van der Waals surface area contributed by atoms with E-state index in [1.54, 1.807) is 36.4 Å².